The second kappa shape index (κ2) is 15.2. The Hall–Kier alpha value is -5.43. The maximum Gasteiger partial charge on any atom is 0.338 e. The fourth-order valence-corrected chi connectivity index (χ4v) is 4.73. The molecule has 0 saturated heterocycles. The van der Waals surface area contributed by atoms with Crippen LogP contribution in [0, 0.1) is 5.92 Å². The lowest BCUT2D eigenvalue weighted by atomic mass is 10.0. The van der Waals surface area contributed by atoms with Crippen LogP contribution in [0.1, 0.15) is 28.4 Å². The van der Waals surface area contributed by atoms with E-state index < -0.39 is 0 Å². The number of carbonyl (C=O) groups is 2. The first kappa shape index (κ1) is 30.0. The number of nitrogens with one attached hydrogen (secondary N) is 2. The van der Waals surface area contributed by atoms with Crippen LogP contribution in [0.4, 0.5) is 10.5 Å². The number of anilines is 1. The summed E-state index contributed by atoms with van der Waals surface area (Å²) in [6, 6.07) is 38.4. The molecule has 7 nitrogen and oxygen atoms in total. The number of rotatable bonds is 12. The molecule has 0 saturated carbocycles. The number of aromatic nitrogens is 1. The van der Waals surface area contributed by atoms with E-state index >= 15 is 0 Å². The van der Waals surface area contributed by atoms with E-state index in [4.69, 9.17) is 9.47 Å². The van der Waals surface area contributed by atoms with Crippen LogP contribution in [0.2, 0.25) is 0 Å². The number of benzene rings is 4. The molecular weight excluding hydrogens is 550 g/mol. The van der Waals surface area contributed by atoms with E-state index in [9.17, 15) is 9.59 Å². The summed E-state index contributed by atoms with van der Waals surface area (Å²) in [6.45, 7) is 3.81. The van der Waals surface area contributed by atoms with Crippen LogP contribution in [0.15, 0.2) is 134 Å². The summed E-state index contributed by atoms with van der Waals surface area (Å²) in [7, 11) is 0. The highest BCUT2D eigenvalue weighted by Crippen LogP contribution is 2.30. The summed E-state index contributed by atoms with van der Waals surface area (Å²) in [5, 5.41) is 5.80. The van der Waals surface area contributed by atoms with Crippen LogP contribution >= 0.6 is 0 Å². The Bertz CT molecular complexity index is 1660. The van der Waals surface area contributed by atoms with E-state index in [-0.39, 0.29) is 17.9 Å². The zero-order valence-corrected chi connectivity index (χ0v) is 24.7. The van der Waals surface area contributed by atoms with Gasteiger partial charge in [0, 0.05) is 28.8 Å². The lowest BCUT2D eigenvalue weighted by molar-refractivity contribution is -0.703. The smallest absolute Gasteiger partial charge is 0.338 e. The molecule has 1 unspecified atom stereocenters. The number of hydrogen-bond donors (Lipinski definition) is 2. The maximum atomic E-state index is 12.6. The van der Waals surface area contributed by atoms with Crippen molar-refractivity contribution in [2.24, 2.45) is 5.92 Å². The Labute approximate surface area is 258 Å². The number of carbonyl (C=O) groups excluding carboxylic acids is 2. The van der Waals surface area contributed by atoms with E-state index in [1.165, 1.54) is 0 Å². The van der Waals surface area contributed by atoms with Gasteiger partial charge in [0.05, 0.1) is 12.1 Å². The highest BCUT2D eigenvalue weighted by Gasteiger charge is 2.14. The van der Waals surface area contributed by atoms with Crippen molar-refractivity contribution in [3.05, 3.63) is 150 Å². The third kappa shape index (κ3) is 8.79. The molecule has 0 aliphatic rings. The minimum absolute atomic E-state index is 0.117. The third-order valence-electron chi connectivity index (χ3n) is 6.98. The fraction of sp³-hybridized carbons (Fsp3) is 0.162. The summed E-state index contributed by atoms with van der Waals surface area (Å²) >= 11 is 0. The van der Waals surface area contributed by atoms with Crippen molar-refractivity contribution in [1.82, 2.24) is 5.32 Å². The Morgan fingerprint density at radius 1 is 0.773 bits per heavy atom. The standard InChI is InChI=1S/C37H35N3O4/c1-28(26-44-36(41)32-14-6-3-7-15-32)24-40-22-10-11-30(25-40)23-38-37(42)39-33-20-18-29(19-21-33)27-43-35-17-9-8-16-34(35)31-12-4-2-5-13-31/h2-22,25,28H,23-24,26-27H2,1H3,(H-,38,39,42)/p+1. The van der Waals surface area contributed by atoms with Crippen molar-refractivity contribution in [1.29, 1.82) is 0 Å². The molecule has 1 heterocycles. The molecule has 44 heavy (non-hydrogen) atoms. The zero-order chi connectivity index (χ0) is 30.6. The molecular formula is C37H36N3O4+. The summed E-state index contributed by atoms with van der Waals surface area (Å²) < 4.78 is 13.6. The average molecular weight is 587 g/mol. The van der Waals surface area contributed by atoms with E-state index in [0.717, 1.165) is 28.0 Å². The topological polar surface area (TPSA) is 80.5 Å². The highest BCUT2D eigenvalue weighted by atomic mass is 16.5. The van der Waals surface area contributed by atoms with Crippen molar-refractivity contribution in [2.75, 3.05) is 11.9 Å². The van der Waals surface area contributed by atoms with Gasteiger partial charge in [-0.15, -0.1) is 0 Å². The number of urea groups is 1. The Kier molecular flexibility index (Phi) is 10.4. The van der Waals surface area contributed by atoms with Gasteiger partial charge in [0.15, 0.2) is 18.9 Å². The van der Waals surface area contributed by atoms with Crippen molar-refractivity contribution >= 4 is 17.7 Å². The molecule has 1 aromatic heterocycles. The fourth-order valence-electron chi connectivity index (χ4n) is 4.73. The Balaban J connectivity index is 1.06. The first-order chi connectivity index (χ1) is 21.5. The molecule has 7 heteroatoms. The molecule has 0 bridgehead atoms. The molecule has 0 aliphatic carbocycles. The lowest BCUT2D eigenvalue weighted by Gasteiger charge is -2.12. The molecule has 222 valence electrons. The summed E-state index contributed by atoms with van der Waals surface area (Å²) in [6.07, 6.45) is 3.95. The quantitative estimate of drug-likeness (QED) is 0.121. The number of amides is 2. The second-order valence-electron chi connectivity index (χ2n) is 10.6. The molecule has 0 aliphatic heterocycles. The molecule has 1 atom stereocenters. The minimum atomic E-state index is -0.320. The first-order valence-corrected chi connectivity index (χ1v) is 14.6. The molecule has 2 amide bonds. The average Bonchev–Trinajstić information content (AvgIpc) is 3.07. The van der Waals surface area contributed by atoms with Gasteiger partial charge < -0.3 is 20.1 Å². The number of hydrogen-bond acceptors (Lipinski definition) is 4. The second-order valence-corrected chi connectivity index (χ2v) is 10.6. The largest absolute Gasteiger partial charge is 0.488 e. The Morgan fingerprint density at radius 3 is 2.25 bits per heavy atom. The van der Waals surface area contributed by atoms with Crippen LogP contribution in [0.5, 0.6) is 5.75 Å². The number of ether oxygens (including phenoxy) is 2. The van der Waals surface area contributed by atoms with Gasteiger partial charge in [-0.2, -0.15) is 0 Å². The van der Waals surface area contributed by atoms with Crippen LogP contribution in [-0.2, 0) is 24.4 Å². The van der Waals surface area contributed by atoms with Crippen molar-refractivity contribution < 1.29 is 23.6 Å². The number of nitrogens with zero attached hydrogens (tertiary/aromatic N) is 1. The van der Waals surface area contributed by atoms with E-state index in [1.807, 2.05) is 115 Å². The van der Waals surface area contributed by atoms with Crippen LogP contribution in [0.3, 0.4) is 0 Å². The monoisotopic (exact) mass is 586 g/mol. The minimum Gasteiger partial charge on any atom is -0.488 e. The van der Waals surface area contributed by atoms with Crippen LogP contribution in [0.25, 0.3) is 11.1 Å². The van der Waals surface area contributed by atoms with Gasteiger partial charge in [0.1, 0.15) is 19.0 Å². The van der Waals surface area contributed by atoms with Gasteiger partial charge >= 0.3 is 12.0 Å². The molecule has 5 aromatic rings. The lowest BCUT2D eigenvalue weighted by Crippen LogP contribution is -2.38. The van der Waals surface area contributed by atoms with Gasteiger partial charge in [0.25, 0.3) is 0 Å². The maximum absolute atomic E-state index is 12.6. The highest BCUT2D eigenvalue weighted by molar-refractivity contribution is 5.89. The molecule has 4 aromatic carbocycles. The Morgan fingerprint density at radius 2 is 1.48 bits per heavy atom. The molecule has 2 N–H and O–H groups in total. The first-order valence-electron chi connectivity index (χ1n) is 14.6. The van der Waals surface area contributed by atoms with Gasteiger partial charge in [0.2, 0.25) is 0 Å². The van der Waals surface area contributed by atoms with Crippen LogP contribution < -0.4 is 19.9 Å². The molecule has 5 rings (SSSR count). The third-order valence-corrected chi connectivity index (χ3v) is 6.98. The van der Waals surface area contributed by atoms with Crippen LogP contribution in [-0.4, -0.2) is 18.6 Å². The zero-order valence-electron chi connectivity index (χ0n) is 24.7. The van der Waals surface area contributed by atoms with Gasteiger partial charge in [-0.3, -0.25) is 0 Å². The summed E-state index contributed by atoms with van der Waals surface area (Å²) in [5.41, 5.74) is 5.35. The van der Waals surface area contributed by atoms with Gasteiger partial charge in [-0.1, -0.05) is 85.8 Å². The molecule has 0 radical (unpaired) electrons. The summed E-state index contributed by atoms with van der Waals surface area (Å²) in [4.78, 5) is 24.8. The summed E-state index contributed by atoms with van der Waals surface area (Å²) in [5.74, 6) is 0.619. The van der Waals surface area contributed by atoms with E-state index in [1.54, 1.807) is 12.1 Å². The predicted octanol–water partition coefficient (Wildman–Crippen LogP) is 7.03. The van der Waals surface area contributed by atoms with Gasteiger partial charge in [-0.05, 0) is 47.5 Å². The van der Waals surface area contributed by atoms with Crippen molar-refractivity contribution in [3.8, 4) is 16.9 Å². The number of esters is 1. The van der Waals surface area contributed by atoms with Gasteiger partial charge in [-0.25, -0.2) is 14.2 Å². The number of para-hydroxylation sites is 1. The molecule has 0 spiro atoms. The van der Waals surface area contributed by atoms with E-state index in [2.05, 4.69) is 28.8 Å². The van der Waals surface area contributed by atoms with Crippen molar-refractivity contribution in [2.45, 2.75) is 26.6 Å². The van der Waals surface area contributed by atoms with E-state index in [0.29, 0.717) is 37.6 Å². The molecule has 0 fully saturated rings. The number of pyridine rings is 1. The predicted molar refractivity (Wildman–Crippen MR) is 171 cm³/mol. The van der Waals surface area contributed by atoms with Crippen molar-refractivity contribution in [3.63, 3.8) is 0 Å². The normalized spacial score (nSPS) is 11.3. The SMILES string of the molecule is CC(COC(=O)c1ccccc1)C[n+]1cccc(CNC(=O)Nc2ccc(COc3ccccc3-c3ccccc3)cc2)c1.